The van der Waals surface area contributed by atoms with E-state index in [1.807, 2.05) is 42.5 Å². The summed E-state index contributed by atoms with van der Waals surface area (Å²) in [4.78, 5) is 13.6. The molecule has 18 heavy (non-hydrogen) atoms. The Labute approximate surface area is 105 Å². The summed E-state index contributed by atoms with van der Waals surface area (Å²) in [6.45, 7) is 0. The lowest BCUT2D eigenvalue weighted by Gasteiger charge is -2.22. The topological polar surface area (TPSA) is 40.5 Å². The third kappa shape index (κ3) is 1.45. The van der Waals surface area contributed by atoms with E-state index < -0.39 is 6.23 Å². The van der Waals surface area contributed by atoms with E-state index in [-0.39, 0.29) is 5.91 Å². The summed E-state index contributed by atoms with van der Waals surface area (Å²) in [5.41, 5.74) is 3.18. The molecule has 1 heterocycles. The highest BCUT2D eigenvalue weighted by molar-refractivity contribution is 6.02. The van der Waals surface area contributed by atoms with E-state index in [0.717, 1.165) is 16.7 Å². The van der Waals surface area contributed by atoms with Crippen molar-refractivity contribution in [1.29, 1.82) is 0 Å². The molecule has 3 rings (SSSR count). The number of rotatable bonds is 0. The second-order valence-electron chi connectivity index (χ2n) is 4.42. The predicted molar refractivity (Wildman–Crippen MR) is 68.9 cm³/mol. The van der Waals surface area contributed by atoms with Gasteiger partial charge in [0.15, 0.2) is 6.23 Å². The maximum atomic E-state index is 12.3. The van der Waals surface area contributed by atoms with Crippen LogP contribution in [-0.4, -0.2) is 23.0 Å². The highest BCUT2D eigenvalue weighted by Crippen LogP contribution is 2.36. The second kappa shape index (κ2) is 3.96. The molecule has 0 bridgehead atoms. The van der Waals surface area contributed by atoms with Crippen molar-refractivity contribution in [2.24, 2.45) is 0 Å². The van der Waals surface area contributed by atoms with Gasteiger partial charge in [0.1, 0.15) is 0 Å². The van der Waals surface area contributed by atoms with Gasteiger partial charge < -0.3 is 10.0 Å². The maximum Gasteiger partial charge on any atom is 0.256 e. The first-order valence-electron chi connectivity index (χ1n) is 5.83. The molecule has 0 saturated carbocycles. The third-order valence-electron chi connectivity index (χ3n) is 3.37. The van der Waals surface area contributed by atoms with E-state index in [1.54, 1.807) is 13.1 Å². The van der Waals surface area contributed by atoms with Crippen LogP contribution in [0.3, 0.4) is 0 Å². The lowest BCUT2D eigenvalue weighted by Crippen LogP contribution is -2.29. The van der Waals surface area contributed by atoms with E-state index in [4.69, 9.17) is 0 Å². The van der Waals surface area contributed by atoms with E-state index >= 15 is 0 Å². The molecule has 0 aliphatic carbocycles. The summed E-state index contributed by atoms with van der Waals surface area (Å²) < 4.78 is 0. The fourth-order valence-electron chi connectivity index (χ4n) is 2.38. The van der Waals surface area contributed by atoms with E-state index in [2.05, 4.69) is 0 Å². The smallest absolute Gasteiger partial charge is 0.256 e. The van der Waals surface area contributed by atoms with Gasteiger partial charge in [-0.15, -0.1) is 0 Å². The van der Waals surface area contributed by atoms with E-state index in [0.29, 0.717) is 5.56 Å². The van der Waals surface area contributed by atoms with E-state index in [1.165, 1.54) is 4.90 Å². The van der Waals surface area contributed by atoms with Crippen molar-refractivity contribution in [2.45, 2.75) is 6.23 Å². The molecule has 0 saturated heterocycles. The van der Waals surface area contributed by atoms with Crippen molar-refractivity contribution in [2.75, 3.05) is 7.05 Å². The predicted octanol–water partition coefficient (Wildman–Crippen LogP) is 2.43. The molecule has 1 aliphatic heterocycles. The molecule has 0 fully saturated rings. The summed E-state index contributed by atoms with van der Waals surface area (Å²) in [6, 6.07) is 15.0. The average molecular weight is 239 g/mol. The van der Waals surface area contributed by atoms with Gasteiger partial charge in [-0.05, 0) is 17.2 Å². The quantitative estimate of drug-likeness (QED) is 0.767. The molecular formula is C15H13NO2. The highest BCUT2D eigenvalue weighted by atomic mass is 16.3. The van der Waals surface area contributed by atoms with Crippen molar-refractivity contribution >= 4 is 5.91 Å². The Morgan fingerprint density at radius 3 is 2.22 bits per heavy atom. The fourth-order valence-corrected chi connectivity index (χ4v) is 2.38. The van der Waals surface area contributed by atoms with Crippen LogP contribution in [0, 0.1) is 0 Å². The largest absolute Gasteiger partial charge is 0.369 e. The summed E-state index contributed by atoms with van der Waals surface area (Å²) in [7, 11) is 1.62. The second-order valence-corrected chi connectivity index (χ2v) is 4.42. The number of nitrogens with zero attached hydrogens (tertiary/aromatic N) is 1. The zero-order valence-corrected chi connectivity index (χ0v) is 10.00. The zero-order chi connectivity index (χ0) is 12.7. The molecule has 1 aliphatic rings. The molecule has 0 unspecified atom stereocenters. The summed E-state index contributed by atoms with van der Waals surface area (Å²) in [5, 5.41) is 10.3. The van der Waals surface area contributed by atoms with Gasteiger partial charge >= 0.3 is 0 Å². The lowest BCUT2D eigenvalue weighted by atomic mass is 9.96. The molecule has 2 aromatic rings. The van der Waals surface area contributed by atoms with Crippen LogP contribution in [0.4, 0.5) is 0 Å². The first-order chi connectivity index (χ1) is 8.70. The Kier molecular flexibility index (Phi) is 2.42. The van der Waals surface area contributed by atoms with Crippen LogP contribution >= 0.6 is 0 Å². The number of carbonyl (C=O) groups excluding carboxylic acids is 1. The van der Waals surface area contributed by atoms with Crippen LogP contribution in [0.5, 0.6) is 0 Å². The van der Waals surface area contributed by atoms with Gasteiger partial charge in [0.05, 0.1) is 0 Å². The number of hydrogen-bond donors (Lipinski definition) is 1. The number of aliphatic hydroxyl groups excluding tert-OH is 1. The Bertz CT molecular complexity index is 621. The number of carbonyl (C=O) groups is 1. The first kappa shape index (κ1) is 11.0. The normalized spacial score (nSPS) is 18.0. The average Bonchev–Trinajstić information content (AvgIpc) is 2.51. The van der Waals surface area contributed by atoms with Gasteiger partial charge in [-0.3, -0.25) is 4.79 Å². The molecule has 0 aromatic heterocycles. The van der Waals surface area contributed by atoms with Crippen LogP contribution in [-0.2, 0) is 0 Å². The van der Waals surface area contributed by atoms with Crippen LogP contribution in [0.15, 0.2) is 48.5 Å². The van der Waals surface area contributed by atoms with Crippen LogP contribution in [0.1, 0.15) is 22.1 Å². The van der Waals surface area contributed by atoms with Crippen LogP contribution in [0.25, 0.3) is 11.1 Å². The number of amides is 1. The van der Waals surface area contributed by atoms with Crippen LogP contribution in [0.2, 0.25) is 0 Å². The summed E-state index contributed by atoms with van der Waals surface area (Å²) >= 11 is 0. The van der Waals surface area contributed by atoms with Gasteiger partial charge in [-0.25, -0.2) is 0 Å². The first-order valence-corrected chi connectivity index (χ1v) is 5.83. The van der Waals surface area contributed by atoms with Crippen molar-refractivity contribution in [3.8, 4) is 11.1 Å². The zero-order valence-electron chi connectivity index (χ0n) is 10.00. The van der Waals surface area contributed by atoms with Crippen molar-refractivity contribution < 1.29 is 9.90 Å². The molecule has 0 radical (unpaired) electrons. The third-order valence-corrected chi connectivity index (χ3v) is 3.37. The Hall–Kier alpha value is -2.13. The van der Waals surface area contributed by atoms with Gasteiger partial charge in [-0.2, -0.15) is 0 Å². The number of hydrogen-bond acceptors (Lipinski definition) is 2. The van der Waals surface area contributed by atoms with Gasteiger partial charge in [0.25, 0.3) is 5.91 Å². The lowest BCUT2D eigenvalue weighted by molar-refractivity contribution is 0.0200. The summed E-state index contributed by atoms with van der Waals surface area (Å²) in [6.07, 6.45) is -0.902. The maximum absolute atomic E-state index is 12.3. The minimum absolute atomic E-state index is 0.158. The molecule has 1 N–H and O–H groups in total. The molecule has 0 spiro atoms. The Morgan fingerprint density at radius 1 is 0.944 bits per heavy atom. The van der Waals surface area contributed by atoms with Gasteiger partial charge in [0, 0.05) is 18.2 Å². The molecule has 2 aromatic carbocycles. The van der Waals surface area contributed by atoms with Crippen LogP contribution < -0.4 is 0 Å². The minimum atomic E-state index is -0.902. The minimum Gasteiger partial charge on any atom is -0.369 e. The molecule has 1 amide bonds. The molecule has 3 nitrogen and oxygen atoms in total. The Morgan fingerprint density at radius 2 is 1.50 bits per heavy atom. The monoisotopic (exact) mass is 239 g/mol. The molecule has 3 heteroatoms. The number of fused-ring (bicyclic) bond motifs is 3. The fraction of sp³-hybridized carbons (Fsp3) is 0.133. The Balaban J connectivity index is 2.36. The summed E-state index contributed by atoms with van der Waals surface area (Å²) in [5.74, 6) is -0.158. The SMILES string of the molecule is CN1C(=O)c2ccccc2-c2ccccc2[C@H]1O. The van der Waals surface area contributed by atoms with Crippen molar-refractivity contribution in [1.82, 2.24) is 4.90 Å². The standard InChI is InChI=1S/C15H13NO2/c1-16-14(17)12-8-4-2-6-10(12)11-7-3-5-9-13(11)15(16)18/h2-9,14,17H,1H3/t14-/m1/s1. The van der Waals surface area contributed by atoms with Gasteiger partial charge in [-0.1, -0.05) is 42.5 Å². The molecule has 1 atom stereocenters. The van der Waals surface area contributed by atoms with Crippen molar-refractivity contribution in [3.63, 3.8) is 0 Å². The van der Waals surface area contributed by atoms with Gasteiger partial charge in [0.2, 0.25) is 0 Å². The number of benzene rings is 2. The molecule has 90 valence electrons. The van der Waals surface area contributed by atoms with Crippen molar-refractivity contribution in [3.05, 3.63) is 59.7 Å². The highest BCUT2D eigenvalue weighted by Gasteiger charge is 2.29. The number of aliphatic hydroxyl groups is 1. The van der Waals surface area contributed by atoms with E-state index in [9.17, 15) is 9.90 Å². The molecular weight excluding hydrogens is 226 g/mol.